The molecule has 0 aromatic carbocycles. The summed E-state index contributed by atoms with van der Waals surface area (Å²) in [5, 5.41) is 12.0. The Kier molecular flexibility index (Phi) is 6.50. The lowest BCUT2D eigenvalue weighted by atomic mass is 10.2. The predicted molar refractivity (Wildman–Crippen MR) is 118 cm³/mol. The van der Waals surface area contributed by atoms with Crippen LogP contribution in [0.2, 0.25) is 0 Å². The second-order valence-electron chi connectivity index (χ2n) is 6.70. The van der Waals surface area contributed by atoms with Gasteiger partial charge in [-0.3, -0.25) is 14.4 Å². The van der Waals surface area contributed by atoms with Crippen LogP contribution in [0.3, 0.4) is 0 Å². The Morgan fingerprint density at radius 1 is 1.10 bits per heavy atom. The number of carbonyl (C=O) groups is 3. The first-order valence-corrected chi connectivity index (χ1v) is 12.0. The molecular formula is C19H19N5O3S3. The van der Waals surface area contributed by atoms with Crippen LogP contribution in [-0.4, -0.2) is 45.2 Å². The Morgan fingerprint density at radius 3 is 2.77 bits per heavy atom. The lowest BCUT2D eigenvalue weighted by Crippen LogP contribution is -2.43. The maximum atomic E-state index is 12.8. The van der Waals surface area contributed by atoms with E-state index in [4.69, 9.17) is 0 Å². The van der Waals surface area contributed by atoms with Gasteiger partial charge in [0.15, 0.2) is 10.3 Å². The number of amides is 3. The van der Waals surface area contributed by atoms with E-state index in [0.717, 1.165) is 11.3 Å². The molecule has 1 aliphatic heterocycles. The summed E-state index contributed by atoms with van der Waals surface area (Å²) < 4.78 is 0. The Morgan fingerprint density at radius 2 is 2.00 bits per heavy atom. The molecule has 1 atom stereocenters. The molecule has 1 aliphatic rings. The maximum absolute atomic E-state index is 12.8. The summed E-state index contributed by atoms with van der Waals surface area (Å²) in [6.45, 7) is 0.545. The maximum Gasteiger partial charge on any atom is 0.248 e. The number of hydrogen-bond donors (Lipinski definition) is 2. The van der Waals surface area contributed by atoms with Gasteiger partial charge < -0.3 is 15.5 Å². The van der Waals surface area contributed by atoms with Crippen LogP contribution in [0.5, 0.6) is 0 Å². The Hall–Kier alpha value is -2.63. The first kappa shape index (κ1) is 20.6. The molecule has 0 saturated carbocycles. The topological polar surface area (TPSA) is 104 Å². The van der Waals surface area contributed by atoms with E-state index in [0.29, 0.717) is 35.3 Å². The minimum absolute atomic E-state index is 0.0956. The summed E-state index contributed by atoms with van der Waals surface area (Å²) in [7, 11) is 0. The van der Waals surface area contributed by atoms with Gasteiger partial charge in [-0.1, -0.05) is 6.07 Å². The average molecular weight is 462 g/mol. The molecule has 11 heteroatoms. The minimum atomic E-state index is -0.495. The number of anilines is 2. The van der Waals surface area contributed by atoms with Crippen LogP contribution < -0.4 is 10.6 Å². The smallest absolute Gasteiger partial charge is 0.248 e. The predicted octanol–water partition coefficient (Wildman–Crippen LogP) is 3.01. The number of nitrogens with one attached hydrogen (secondary N) is 2. The van der Waals surface area contributed by atoms with Crippen LogP contribution >= 0.6 is 34.0 Å². The third-order valence-corrected chi connectivity index (χ3v) is 6.96. The molecule has 0 radical (unpaired) electrons. The van der Waals surface area contributed by atoms with Gasteiger partial charge in [-0.2, -0.15) is 0 Å². The Bertz CT molecular complexity index is 1020. The van der Waals surface area contributed by atoms with Crippen molar-refractivity contribution in [1.29, 1.82) is 0 Å². The van der Waals surface area contributed by atoms with E-state index in [1.54, 1.807) is 21.9 Å². The van der Waals surface area contributed by atoms with Crippen LogP contribution in [0.25, 0.3) is 0 Å². The first-order chi connectivity index (χ1) is 14.6. The summed E-state index contributed by atoms with van der Waals surface area (Å²) >= 11 is 4.16. The van der Waals surface area contributed by atoms with Gasteiger partial charge in [0.25, 0.3) is 0 Å². The number of thiophene rings is 1. The van der Waals surface area contributed by atoms with Crippen molar-refractivity contribution in [2.45, 2.75) is 31.7 Å². The second-order valence-corrected chi connectivity index (χ2v) is 9.48. The average Bonchev–Trinajstić information content (AvgIpc) is 3.50. The van der Waals surface area contributed by atoms with Crippen molar-refractivity contribution in [1.82, 2.24) is 14.9 Å². The number of aromatic nitrogens is 2. The molecule has 156 valence electrons. The fraction of sp³-hybridized carbons (Fsp3) is 0.316. The monoisotopic (exact) mass is 461 g/mol. The van der Waals surface area contributed by atoms with E-state index in [2.05, 4.69) is 20.6 Å². The van der Waals surface area contributed by atoms with Gasteiger partial charge in [0.05, 0.1) is 18.5 Å². The van der Waals surface area contributed by atoms with E-state index >= 15 is 0 Å². The standard InChI is InChI=1S/C19H19N5O3S3/c25-15(10-13-3-2-7-28-13)22-19-21-12(11-30-19)9-16(26)24-6-1-4-14(24)17(27)23-18-20-5-8-29-18/h2-3,5,7-8,11,14H,1,4,6,9-10H2,(H,20,23,27)(H,21,22,25). The van der Waals surface area contributed by atoms with Crippen molar-refractivity contribution in [2.75, 3.05) is 17.2 Å². The van der Waals surface area contributed by atoms with E-state index in [9.17, 15) is 14.4 Å². The van der Waals surface area contributed by atoms with Gasteiger partial charge in [0.2, 0.25) is 17.7 Å². The molecule has 1 fully saturated rings. The van der Waals surface area contributed by atoms with Crippen LogP contribution in [-0.2, 0) is 27.2 Å². The molecule has 3 aromatic heterocycles. The van der Waals surface area contributed by atoms with Gasteiger partial charge in [-0.05, 0) is 24.3 Å². The molecule has 0 aliphatic carbocycles. The van der Waals surface area contributed by atoms with E-state index in [-0.39, 0.29) is 24.1 Å². The molecule has 3 amide bonds. The van der Waals surface area contributed by atoms with Crippen LogP contribution in [0, 0.1) is 0 Å². The molecule has 0 bridgehead atoms. The van der Waals surface area contributed by atoms with Crippen molar-refractivity contribution in [3.05, 3.63) is 45.0 Å². The number of rotatable bonds is 7. The van der Waals surface area contributed by atoms with Crippen molar-refractivity contribution in [3.63, 3.8) is 0 Å². The molecular weight excluding hydrogens is 442 g/mol. The molecule has 1 unspecified atom stereocenters. The summed E-state index contributed by atoms with van der Waals surface area (Å²) in [5.74, 6) is -0.493. The van der Waals surface area contributed by atoms with Gasteiger partial charge in [0, 0.05) is 28.4 Å². The third-order valence-electron chi connectivity index (χ3n) is 4.58. The van der Waals surface area contributed by atoms with Crippen molar-refractivity contribution >= 4 is 62.0 Å². The van der Waals surface area contributed by atoms with Crippen LogP contribution in [0.4, 0.5) is 10.3 Å². The van der Waals surface area contributed by atoms with Crippen LogP contribution in [0.1, 0.15) is 23.4 Å². The normalized spacial score (nSPS) is 15.9. The highest BCUT2D eigenvalue weighted by Gasteiger charge is 2.34. The molecule has 3 aromatic rings. The number of thiazole rings is 2. The number of carbonyl (C=O) groups excluding carboxylic acids is 3. The largest absolute Gasteiger partial charge is 0.330 e. The van der Waals surface area contributed by atoms with Gasteiger partial charge in [0.1, 0.15) is 6.04 Å². The summed E-state index contributed by atoms with van der Waals surface area (Å²) in [4.78, 5) is 48.4. The van der Waals surface area contributed by atoms with Gasteiger partial charge in [-0.15, -0.1) is 34.0 Å². The van der Waals surface area contributed by atoms with E-state index < -0.39 is 6.04 Å². The third kappa shape index (κ3) is 5.10. The summed E-state index contributed by atoms with van der Waals surface area (Å²) in [6.07, 6.45) is 3.43. The Labute approximate surface area is 185 Å². The summed E-state index contributed by atoms with van der Waals surface area (Å²) in [5.41, 5.74) is 0.586. The van der Waals surface area contributed by atoms with Crippen LogP contribution in [0.15, 0.2) is 34.5 Å². The number of likely N-dealkylation sites (tertiary alicyclic amines) is 1. The highest BCUT2D eigenvalue weighted by Crippen LogP contribution is 2.23. The second kappa shape index (κ2) is 9.45. The fourth-order valence-corrected chi connectivity index (χ4v) is 5.21. The zero-order valence-corrected chi connectivity index (χ0v) is 18.3. The highest BCUT2D eigenvalue weighted by atomic mass is 32.1. The molecule has 0 spiro atoms. The lowest BCUT2D eigenvalue weighted by Gasteiger charge is -2.23. The summed E-state index contributed by atoms with van der Waals surface area (Å²) in [6, 6.07) is 3.32. The van der Waals surface area contributed by atoms with E-state index in [1.807, 2.05) is 17.5 Å². The van der Waals surface area contributed by atoms with E-state index in [1.165, 1.54) is 34.0 Å². The molecule has 4 rings (SSSR count). The lowest BCUT2D eigenvalue weighted by molar-refractivity contribution is -0.136. The SMILES string of the molecule is O=C(Cc1cccs1)Nc1nc(CC(=O)N2CCCC2C(=O)Nc2nccs2)cs1. The quantitative estimate of drug-likeness (QED) is 0.563. The molecule has 1 saturated heterocycles. The minimum Gasteiger partial charge on any atom is -0.330 e. The molecule has 8 nitrogen and oxygen atoms in total. The fourth-order valence-electron chi connectivity index (χ4n) is 3.25. The van der Waals surface area contributed by atoms with Gasteiger partial charge in [-0.25, -0.2) is 9.97 Å². The van der Waals surface area contributed by atoms with Crippen molar-refractivity contribution < 1.29 is 14.4 Å². The van der Waals surface area contributed by atoms with Crippen molar-refractivity contribution in [2.24, 2.45) is 0 Å². The number of hydrogen-bond acceptors (Lipinski definition) is 8. The Balaban J connectivity index is 1.32. The molecule has 2 N–H and O–H groups in total. The van der Waals surface area contributed by atoms with Gasteiger partial charge >= 0.3 is 0 Å². The first-order valence-electron chi connectivity index (χ1n) is 9.35. The molecule has 30 heavy (non-hydrogen) atoms. The zero-order chi connectivity index (χ0) is 20.9. The van der Waals surface area contributed by atoms with Crippen molar-refractivity contribution in [3.8, 4) is 0 Å². The number of nitrogens with zero attached hydrogens (tertiary/aromatic N) is 3. The zero-order valence-electron chi connectivity index (χ0n) is 15.9. The highest BCUT2D eigenvalue weighted by molar-refractivity contribution is 7.14. The molecule has 4 heterocycles.